The lowest BCUT2D eigenvalue weighted by Gasteiger charge is -2.21. The predicted octanol–water partition coefficient (Wildman–Crippen LogP) is 1.79. The van der Waals surface area contributed by atoms with Gasteiger partial charge in [0, 0.05) is 20.6 Å². The molecule has 1 atom stereocenters. The van der Waals surface area contributed by atoms with E-state index in [-0.39, 0.29) is 17.7 Å². The molecule has 2 N–H and O–H groups in total. The molecule has 2 aromatic carbocycles. The summed E-state index contributed by atoms with van der Waals surface area (Å²) >= 11 is 0. The average molecular weight is 405 g/mol. The molecular formula is C22H23N5O3. The smallest absolute Gasteiger partial charge is 0.329 e. The van der Waals surface area contributed by atoms with Crippen molar-refractivity contribution in [3.63, 3.8) is 0 Å². The Hall–Kier alpha value is -3.65. The van der Waals surface area contributed by atoms with Gasteiger partial charge in [-0.05, 0) is 11.1 Å². The van der Waals surface area contributed by atoms with Crippen molar-refractivity contribution in [2.75, 3.05) is 11.9 Å². The van der Waals surface area contributed by atoms with Crippen molar-refractivity contribution in [1.29, 1.82) is 0 Å². The average Bonchev–Trinajstić information content (AvgIpc) is 3.13. The molecule has 0 saturated carbocycles. The van der Waals surface area contributed by atoms with Gasteiger partial charge in [0.05, 0.1) is 12.6 Å². The van der Waals surface area contributed by atoms with Gasteiger partial charge in [0.15, 0.2) is 11.2 Å². The second-order valence-electron chi connectivity index (χ2n) is 7.28. The Morgan fingerprint density at radius 3 is 2.37 bits per heavy atom. The van der Waals surface area contributed by atoms with E-state index in [2.05, 4.69) is 9.97 Å². The van der Waals surface area contributed by atoms with Gasteiger partial charge in [-0.25, -0.2) is 4.79 Å². The minimum Gasteiger partial charge on any atom is -0.387 e. The van der Waals surface area contributed by atoms with Crippen LogP contribution in [0.1, 0.15) is 17.2 Å². The number of imidazole rings is 1. The molecule has 0 aliphatic carbocycles. The lowest BCUT2D eigenvalue weighted by molar-refractivity contribution is 0.158. The third-order valence-electron chi connectivity index (χ3n) is 5.13. The molecule has 2 heterocycles. The highest BCUT2D eigenvalue weighted by Gasteiger charge is 2.22. The monoisotopic (exact) mass is 405 g/mol. The number of rotatable bonds is 6. The fraction of sp³-hybridized carbons (Fsp3) is 0.227. The van der Waals surface area contributed by atoms with Gasteiger partial charge in [0.2, 0.25) is 5.95 Å². The van der Waals surface area contributed by atoms with Crippen LogP contribution in [-0.2, 0) is 20.1 Å². The Morgan fingerprint density at radius 1 is 1.07 bits per heavy atom. The Morgan fingerprint density at radius 2 is 1.70 bits per heavy atom. The molecule has 2 aromatic heterocycles. The molecule has 8 nitrogen and oxygen atoms in total. The summed E-state index contributed by atoms with van der Waals surface area (Å²) < 4.78 is 2.98. The SMILES string of the molecule is CN(Cc1ccccc1)c1nc2c(c(=O)[nH]c(=O)n2C)n1CC(O)c1ccccc1. The van der Waals surface area contributed by atoms with Gasteiger partial charge in [-0.2, -0.15) is 4.98 Å². The summed E-state index contributed by atoms with van der Waals surface area (Å²) in [7, 11) is 3.43. The first kappa shape index (κ1) is 19.7. The first-order valence-electron chi connectivity index (χ1n) is 9.63. The number of hydrogen-bond donors (Lipinski definition) is 2. The minimum absolute atomic E-state index is 0.121. The summed E-state index contributed by atoms with van der Waals surface area (Å²) in [6.45, 7) is 0.674. The van der Waals surface area contributed by atoms with E-state index in [1.807, 2.05) is 72.6 Å². The van der Waals surface area contributed by atoms with Crippen molar-refractivity contribution < 1.29 is 5.11 Å². The predicted molar refractivity (Wildman–Crippen MR) is 116 cm³/mol. The first-order valence-corrected chi connectivity index (χ1v) is 9.63. The van der Waals surface area contributed by atoms with Crippen molar-refractivity contribution in [3.8, 4) is 0 Å². The summed E-state index contributed by atoms with van der Waals surface area (Å²) in [5.41, 5.74) is 1.28. The van der Waals surface area contributed by atoms with E-state index < -0.39 is 17.4 Å². The van der Waals surface area contributed by atoms with E-state index in [9.17, 15) is 14.7 Å². The lowest BCUT2D eigenvalue weighted by atomic mass is 10.1. The molecule has 30 heavy (non-hydrogen) atoms. The maximum atomic E-state index is 12.7. The molecule has 8 heteroatoms. The Kier molecular flexibility index (Phi) is 5.24. The van der Waals surface area contributed by atoms with E-state index in [1.165, 1.54) is 4.57 Å². The van der Waals surface area contributed by atoms with Gasteiger partial charge in [-0.1, -0.05) is 60.7 Å². The zero-order chi connectivity index (χ0) is 21.3. The zero-order valence-corrected chi connectivity index (χ0v) is 16.8. The van der Waals surface area contributed by atoms with E-state index in [4.69, 9.17) is 0 Å². The number of anilines is 1. The molecule has 0 spiro atoms. The van der Waals surface area contributed by atoms with Crippen LogP contribution < -0.4 is 16.1 Å². The zero-order valence-electron chi connectivity index (χ0n) is 16.8. The summed E-state index contributed by atoms with van der Waals surface area (Å²) in [6.07, 6.45) is -0.843. The highest BCUT2D eigenvalue weighted by atomic mass is 16.3. The Balaban J connectivity index is 1.83. The number of aliphatic hydroxyl groups is 1. The van der Waals surface area contributed by atoms with Crippen LogP contribution >= 0.6 is 0 Å². The van der Waals surface area contributed by atoms with Gasteiger partial charge in [-0.15, -0.1) is 0 Å². The molecule has 0 aliphatic rings. The molecule has 0 aliphatic heterocycles. The van der Waals surface area contributed by atoms with E-state index in [1.54, 1.807) is 11.6 Å². The van der Waals surface area contributed by atoms with Gasteiger partial charge in [-0.3, -0.25) is 14.3 Å². The second-order valence-corrected chi connectivity index (χ2v) is 7.28. The molecule has 1 unspecified atom stereocenters. The number of aromatic amines is 1. The van der Waals surface area contributed by atoms with Crippen LogP contribution in [0.15, 0.2) is 70.3 Å². The van der Waals surface area contributed by atoms with Crippen molar-refractivity contribution in [1.82, 2.24) is 19.1 Å². The van der Waals surface area contributed by atoms with Crippen molar-refractivity contribution in [2.24, 2.45) is 7.05 Å². The molecule has 4 rings (SSSR count). The number of aromatic nitrogens is 4. The van der Waals surface area contributed by atoms with Gasteiger partial charge in [0.25, 0.3) is 5.56 Å². The maximum Gasteiger partial charge on any atom is 0.329 e. The normalized spacial score (nSPS) is 12.2. The van der Waals surface area contributed by atoms with Crippen LogP contribution in [0, 0.1) is 0 Å². The van der Waals surface area contributed by atoms with Crippen LogP contribution in [0.4, 0.5) is 5.95 Å². The van der Waals surface area contributed by atoms with Gasteiger partial charge in [0.1, 0.15) is 0 Å². The quantitative estimate of drug-likeness (QED) is 0.510. The van der Waals surface area contributed by atoms with Crippen molar-refractivity contribution in [3.05, 3.63) is 92.6 Å². The summed E-state index contributed by atoms with van der Waals surface area (Å²) in [6, 6.07) is 19.1. The number of fused-ring (bicyclic) bond motifs is 1. The Bertz CT molecular complexity index is 1280. The molecule has 0 amide bonds. The molecule has 0 radical (unpaired) electrons. The van der Waals surface area contributed by atoms with Gasteiger partial charge < -0.3 is 14.6 Å². The van der Waals surface area contributed by atoms with E-state index in [0.717, 1.165) is 11.1 Å². The molecule has 154 valence electrons. The van der Waals surface area contributed by atoms with Crippen LogP contribution in [0.3, 0.4) is 0 Å². The third kappa shape index (κ3) is 3.65. The summed E-state index contributed by atoms with van der Waals surface area (Å²) in [4.78, 5) is 33.6. The maximum absolute atomic E-state index is 12.7. The van der Waals surface area contributed by atoms with Gasteiger partial charge >= 0.3 is 5.69 Å². The molecule has 0 bridgehead atoms. The number of aliphatic hydroxyl groups excluding tert-OH is 1. The van der Waals surface area contributed by atoms with E-state index in [0.29, 0.717) is 12.5 Å². The molecule has 0 saturated heterocycles. The lowest BCUT2D eigenvalue weighted by Crippen LogP contribution is -2.29. The van der Waals surface area contributed by atoms with Crippen LogP contribution in [-0.4, -0.2) is 31.3 Å². The Labute approximate surface area is 172 Å². The fourth-order valence-electron chi connectivity index (χ4n) is 3.57. The number of hydrogen-bond acceptors (Lipinski definition) is 5. The molecular weight excluding hydrogens is 382 g/mol. The highest BCUT2D eigenvalue weighted by molar-refractivity contribution is 5.74. The largest absolute Gasteiger partial charge is 0.387 e. The number of benzene rings is 2. The molecule has 0 fully saturated rings. The second kappa shape index (κ2) is 8.00. The number of nitrogens with one attached hydrogen (secondary N) is 1. The summed E-state index contributed by atoms with van der Waals surface area (Å²) in [5.74, 6) is 0.496. The highest BCUT2D eigenvalue weighted by Crippen LogP contribution is 2.24. The minimum atomic E-state index is -0.843. The topological polar surface area (TPSA) is 96.2 Å². The fourth-order valence-corrected chi connectivity index (χ4v) is 3.57. The molecule has 4 aromatic rings. The first-order chi connectivity index (χ1) is 14.5. The van der Waals surface area contributed by atoms with Crippen molar-refractivity contribution >= 4 is 17.1 Å². The van der Waals surface area contributed by atoms with Crippen LogP contribution in [0.25, 0.3) is 11.2 Å². The standard InChI is InChI=1S/C22H23N5O3/c1-25(13-15-9-5-3-6-10-15)21-23-19-18(20(29)24-22(30)26(19)2)27(21)14-17(28)16-11-7-4-8-12-16/h3-12,17,28H,13-14H2,1-2H3,(H,24,29,30). The summed E-state index contributed by atoms with van der Waals surface area (Å²) in [5, 5.41) is 10.8. The number of nitrogens with zero attached hydrogens (tertiary/aromatic N) is 4. The van der Waals surface area contributed by atoms with E-state index >= 15 is 0 Å². The van der Waals surface area contributed by atoms with Crippen LogP contribution in [0.2, 0.25) is 0 Å². The number of H-pyrrole nitrogens is 1. The van der Waals surface area contributed by atoms with Crippen molar-refractivity contribution in [2.45, 2.75) is 19.2 Å². The number of aryl methyl sites for hydroxylation is 1. The third-order valence-corrected chi connectivity index (χ3v) is 5.13. The van der Waals surface area contributed by atoms with Crippen LogP contribution in [0.5, 0.6) is 0 Å².